The van der Waals surface area contributed by atoms with Gasteiger partial charge in [-0.3, -0.25) is 0 Å². The molecule has 0 amide bonds. The monoisotopic (exact) mass is 155 g/mol. The molecule has 2 saturated carbocycles. The lowest BCUT2D eigenvalue weighted by Crippen LogP contribution is -2.35. The summed E-state index contributed by atoms with van der Waals surface area (Å²) in [5.74, 6) is 1.91. The van der Waals surface area contributed by atoms with E-state index >= 15 is 0 Å². The minimum Gasteiger partial charge on any atom is -0.392 e. The zero-order chi connectivity index (χ0) is 7.84. The summed E-state index contributed by atoms with van der Waals surface area (Å²) in [7, 11) is 0. The molecule has 4 atom stereocenters. The summed E-state index contributed by atoms with van der Waals surface area (Å²) in [6, 6.07) is 0.0524. The van der Waals surface area contributed by atoms with Crippen molar-refractivity contribution >= 4 is 0 Å². The number of hydrogen-bond acceptors (Lipinski definition) is 2. The predicted molar refractivity (Wildman–Crippen MR) is 44.0 cm³/mol. The fourth-order valence-corrected chi connectivity index (χ4v) is 2.22. The van der Waals surface area contributed by atoms with Crippen LogP contribution in [0.3, 0.4) is 0 Å². The van der Waals surface area contributed by atoms with Gasteiger partial charge >= 0.3 is 0 Å². The molecule has 0 unspecified atom stereocenters. The van der Waals surface area contributed by atoms with Gasteiger partial charge in [0.05, 0.1) is 6.10 Å². The molecule has 11 heavy (non-hydrogen) atoms. The largest absolute Gasteiger partial charge is 0.392 e. The van der Waals surface area contributed by atoms with Crippen molar-refractivity contribution in [3.8, 4) is 0 Å². The highest BCUT2D eigenvalue weighted by atomic mass is 16.3. The minimum atomic E-state index is -0.225. The Kier molecular flexibility index (Phi) is 1.90. The third kappa shape index (κ3) is 1.57. The second-order valence-electron chi connectivity index (χ2n) is 4.14. The maximum Gasteiger partial charge on any atom is 0.0691 e. The first-order chi connectivity index (χ1) is 5.27. The first-order valence-electron chi connectivity index (χ1n) is 4.71. The summed E-state index contributed by atoms with van der Waals surface area (Å²) in [5.41, 5.74) is 5.78. The Morgan fingerprint density at radius 3 is 2.36 bits per heavy atom. The first-order valence-corrected chi connectivity index (χ1v) is 4.71. The van der Waals surface area contributed by atoms with Crippen LogP contribution in [0.4, 0.5) is 0 Å². The molecule has 64 valence electrons. The maximum absolute atomic E-state index is 9.49. The second kappa shape index (κ2) is 2.76. The third-order valence-electron chi connectivity index (χ3n) is 3.27. The van der Waals surface area contributed by atoms with Gasteiger partial charge < -0.3 is 10.8 Å². The lowest BCUT2D eigenvalue weighted by Gasteiger charge is -2.20. The van der Waals surface area contributed by atoms with Crippen LogP contribution < -0.4 is 5.73 Å². The summed E-state index contributed by atoms with van der Waals surface area (Å²) in [5, 5.41) is 9.49. The van der Waals surface area contributed by atoms with E-state index in [1.165, 1.54) is 19.3 Å². The minimum absolute atomic E-state index is 0.0524. The lowest BCUT2D eigenvalue weighted by molar-refractivity contribution is 0.119. The Bertz CT molecular complexity index is 132. The number of rotatable bonds is 0. The Labute approximate surface area is 67.8 Å². The van der Waals surface area contributed by atoms with Crippen LogP contribution in [0.5, 0.6) is 0 Å². The number of nitrogens with two attached hydrogens (primary N) is 1. The molecule has 0 radical (unpaired) electrons. The average Bonchev–Trinajstić information content (AvgIpc) is 2.72. The highest BCUT2D eigenvalue weighted by Gasteiger charge is 2.38. The van der Waals surface area contributed by atoms with E-state index in [-0.39, 0.29) is 12.1 Å². The molecule has 0 spiro atoms. The molecule has 2 heteroatoms. The summed E-state index contributed by atoms with van der Waals surface area (Å²) in [4.78, 5) is 0. The molecule has 0 aromatic rings. The predicted octanol–water partition coefficient (Wildman–Crippen LogP) is 0.885. The van der Waals surface area contributed by atoms with Gasteiger partial charge in [-0.1, -0.05) is 0 Å². The van der Waals surface area contributed by atoms with Crippen LogP contribution in [0.2, 0.25) is 0 Å². The molecule has 2 nitrogen and oxygen atoms in total. The quantitative estimate of drug-likeness (QED) is 0.545. The van der Waals surface area contributed by atoms with E-state index in [9.17, 15) is 5.11 Å². The fourth-order valence-electron chi connectivity index (χ4n) is 2.22. The molecule has 0 saturated heterocycles. The van der Waals surface area contributed by atoms with Crippen molar-refractivity contribution in [3.63, 3.8) is 0 Å². The molecule has 0 aromatic heterocycles. The Morgan fingerprint density at radius 2 is 1.64 bits per heavy atom. The van der Waals surface area contributed by atoms with E-state index in [4.69, 9.17) is 5.73 Å². The summed E-state index contributed by atoms with van der Waals surface area (Å²) in [6.07, 6.45) is 5.60. The Hall–Kier alpha value is -0.0800. The molecule has 2 rings (SSSR count). The van der Waals surface area contributed by atoms with Gasteiger partial charge in [-0.2, -0.15) is 0 Å². The highest BCUT2D eigenvalue weighted by Crippen LogP contribution is 2.46. The molecular formula is C9H17NO. The van der Waals surface area contributed by atoms with Gasteiger partial charge in [-0.15, -0.1) is 0 Å². The first kappa shape index (κ1) is 7.56. The molecule has 2 fully saturated rings. The van der Waals surface area contributed by atoms with E-state index in [1.54, 1.807) is 0 Å². The van der Waals surface area contributed by atoms with Crippen LogP contribution in [0.1, 0.15) is 32.1 Å². The standard InChI is InChI=1S/C9H17NO/c10-8-3-1-6-5-7(6)2-4-9(8)11/h6-9,11H,1-5,10H2/t6-,7-,8-,9-/m1/s1. The molecule has 3 N–H and O–H groups in total. The van der Waals surface area contributed by atoms with Crippen LogP contribution in [-0.2, 0) is 0 Å². The van der Waals surface area contributed by atoms with Crippen LogP contribution in [0.15, 0.2) is 0 Å². The molecular weight excluding hydrogens is 138 g/mol. The average molecular weight is 155 g/mol. The molecule has 0 aliphatic heterocycles. The molecule has 0 aromatic carbocycles. The van der Waals surface area contributed by atoms with E-state index in [0.717, 1.165) is 24.7 Å². The van der Waals surface area contributed by atoms with Crippen molar-refractivity contribution in [1.82, 2.24) is 0 Å². The number of hydrogen-bond donors (Lipinski definition) is 2. The zero-order valence-corrected chi connectivity index (χ0v) is 6.87. The number of aliphatic hydroxyl groups is 1. The second-order valence-corrected chi connectivity index (χ2v) is 4.14. The summed E-state index contributed by atoms with van der Waals surface area (Å²) >= 11 is 0. The molecule has 2 aliphatic carbocycles. The van der Waals surface area contributed by atoms with Crippen LogP contribution in [0.25, 0.3) is 0 Å². The SMILES string of the molecule is N[C@@H]1CC[C@@H]2C[C@H]2CC[C@H]1O. The fraction of sp³-hybridized carbons (Fsp3) is 1.00. The zero-order valence-electron chi connectivity index (χ0n) is 6.87. The van der Waals surface area contributed by atoms with Gasteiger partial charge in [0.2, 0.25) is 0 Å². The number of fused-ring (bicyclic) bond motifs is 1. The van der Waals surface area contributed by atoms with Crippen molar-refractivity contribution in [2.24, 2.45) is 17.6 Å². The van der Waals surface area contributed by atoms with Gasteiger partial charge in [0.25, 0.3) is 0 Å². The van der Waals surface area contributed by atoms with Gasteiger partial charge in [0.1, 0.15) is 0 Å². The van der Waals surface area contributed by atoms with Crippen molar-refractivity contribution in [1.29, 1.82) is 0 Å². The Morgan fingerprint density at radius 1 is 1.00 bits per heavy atom. The van der Waals surface area contributed by atoms with Crippen molar-refractivity contribution in [2.75, 3.05) is 0 Å². The normalized spacial score (nSPS) is 50.7. The number of aliphatic hydroxyl groups excluding tert-OH is 1. The van der Waals surface area contributed by atoms with Gasteiger partial charge in [0, 0.05) is 6.04 Å². The Balaban J connectivity index is 1.89. The van der Waals surface area contributed by atoms with Gasteiger partial charge in [-0.25, -0.2) is 0 Å². The highest BCUT2D eigenvalue weighted by molar-refractivity contribution is 4.91. The van der Waals surface area contributed by atoms with Crippen LogP contribution in [0, 0.1) is 11.8 Å². The molecule has 0 bridgehead atoms. The van der Waals surface area contributed by atoms with Crippen LogP contribution >= 0.6 is 0 Å². The van der Waals surface area contributed by atoms with Crippen LogP contribution in [-0.4, -0.2) is 17.3 Å². The van der Waals surface area contributed by atoms with E-state index in [2.05, 4.69) is 0 Å². The van der Waals surface area contributed by atoms with Crippen molar-refractivity contribution in [2.45, 2.75) is 44.2 Å². The van der Waals surface area contributed by atoms with E-state index in [0.29, 0.717) is 0 Å². The van der Waals surface area contributed by atoms with Gasteiger partial charge in [-0.05, 0) is 43.9 Å². The third-order valence-corrected chi connectivity index (χ3v) is 3.27. The topological polar surface area (TPSA) is 46.2 Å². The van der Waals surface area contributed by atoms with E-state index in [1.807, 2.05) is 0 Å². The maximum atomic E-state index is 9.49. The summed E-state index contributed by atoms with van der Waals surface area (Å²) < 4.78 is 0. The molecule has 0 heterocycles. The van der Waals surface area contributed by atoms with E-state index < -0.39 is 0 Å². The van der Waals surface area contributed by atoms with Gasteiger partial charge in [0.15, 0.2) is 0 Å². The summed E-state index contributed by atoms with van der Waals surface area (Å²) in [6.45, 7) is 0. The van der Waals surface area contributed by atoms with Crippen molar-refractivity contribution in [3.05, 3.63) is 0 Å². The van der Waals surface area contributed by atoms with Crippen molar-refractivity contribution < 1.29 is 5.11 Å². The molecule has 2 aliphatic rings. The smallest absolute Gasteiger partial charge is 0.0691 e. The lowest BCUT2D eigenvalue weighted by atomic mass is 9.95.